The molecule has 128 valence electrons. The number of hydrazone groups is 1. The minimum Gasteiger partial charge on any atom is -0.382 e. The molecule has 22 heavy (non-hydrogen) atoms. The Kier molecular flexibility index (Phi) is 12.9. The third-order valence-corrected chi connectivity index (χ3v) is 3.05. The van der Waals surface area contributed by atoms with Gasteiger partial charge in [0, 0.05) is 26.7 Å². The highest BCUT2D eigenvalue weighted by atomic mass is 35.5. The molecule has 2 N–H and O–H groups in total. The molecule has 0 aliphatic rings. The minimum absolute atomic E-state index is 0.00581. The van der Waals surface area contributed by atoms with Crippen molar-refractivity contribution in [2.75, 3.05) is 67.3 Å². The Morgan fingerprint density at radius 2 is 1.86 bits per heavy atom. The van der Waals surface area contributed by atoms with Gasteiger partial charge in [-0.25, -0.2) is 4.99 Å². The highest BCUT2D eigenvalue weighted by Crippen LogP contribution is 1.90. The van der Waals surface area contributed by atoms with Crippen LogP contribution in [0, 0.1) is 5.41 Å². The molecule has 0 rings (SSSR count). The fraction of sp³-hybridized carbons (Fsp3) is 0.769. The van der Waals surface area contributed by atoms with Crippen LogP contribution in [0.3, 0.4) is 0 Å². The first kappa shape index (κ1) is 20.9. The minimum atomic E-state index is -0.148. The smallest absolute Gasteiger partial charge is 0.192 e. The number of aliphatic imine (C=N–C) groups is 1. The van der Waals surface area contributed by atoms with Gasteiger partial charge in [0.1, 0.15) is 0 Å². The summed E-state index contributed by atoms with van der Waals surface area (Å²) in [7, 11) is 5.68. The van der Waals surface area contributed by atoms with Crippen LogP contribution in [0.4, 0.5) is 0 Å². The van der Waals surface area contributed by atoms with Crippen LogP contribution in [0.1, 0.15) is 0 Å². The highest BCUT2D eigenvalue weighted by Gasteiger charge is 2.03. The van der Waals surface area contributed by atoms with Crippen molar-refractivity contribution in [2.45, 2.75) is 0 Å². The lowest BCUT2D eigenvalue weighted by Gasteiger charge is -2.21. The average molecular weight is 335 g/mol. The molecule has 0 fully saturated rings. The Balaban J connectivity index is 3.69. The molecule has 0 heterocycles. The summed E-state index contributed by atoms with van der Waals surface area (Å²) in [6, 6.07) is 0. The Morgan fingerprint density at radius 1 is 1.18 bits per heavy atom. The average Bonchev–Trinajstić information content (AvgIpc) is 2.51. The monoisotopic (exact) mass is 334 g/mol. The van der Waals surface area contributed by atoms with Crippen molar-refractivity contribution >= 4 is 29.3 Å². The fourth-order valence-corrected chi connectivity index (χ4v) is 1.46. The maximum absolute atomic E-state index is 7.30. The normalized spacial score (nSPS) is 12.0. The molecule has 0 amide bonds. The van der Waals surface area contributed by atoms with E-state index in [-0.39, 0.29) is 11.0 Å². The van der Waals surface area contributed by atoms with E-state index in [4.69, 9.17) is 26.5 Å². The van der Waals surface area contributed by atoms with Crippen LogP contribution < -0.4 is 5.43 Å². The van der Waals surface area contributed by atoms with E-state index in [0.29, 0.717) is 26.5 Å². The van der Waals surface area contributed by atoms with E-state index in [9.17, 15) is 0 Å². The molecule has 0 unspecified atom stereocenters. The zero-order valence-electron chi connectivity index (χ0n) is 13.6. The number of amidine groups is 1. The first-order chi connectivity index (χ1) is 10.5. The van der Waals surface area contributed by atoms with Crippen molar-refractivity contribution in [1.82, 2.24) is 15.2 Å². The van der Waals surface area contributed by atoms with Gasteiger partial charge >= 0.3 is 0 Å². The second-order valence-electron chi connectivity index (χ2n) is 4.71. The lowest BCUT2D eigenvalue weighted by Crippen LogP contribution is -2.36. The zero-order chi connectivity index (χ0) is 16.8. The first-order valence-electron chi connectivity index (χ1n) is 6.96. The van der Waals surface area contributed by atoms with E-state index < -0.39 is 0 Å². The molecule has 0 radical (unpaired) electrons. The Bertz CT molecular complexity index is 353. The van der Waals surface area contributed by atoms with E-state index in [2.05, 4.69) is 32.0 Å². The molecule has 8 nitrogen and oxygen atoms in total. The van der Waals surface area contributed by atoms with E-state index in [1.165, 1.54) is 0 Å². The highest BCUT2D eigenvalue weighted by molar-refractivity contribution is 6.83. The van der Waals surface area contributed by atoms with Gasteiger partial charge in [0.05, 0.1) is 26.5 Å². The van der Waals surface area contributed by atoms with E-state index >= 15 is 0 Å². The fourth-order valence-electron chi connectivity index (χ4n) is 1.34. The van der Waals surface area contributed by atoms with Crippen molar-refractivity contribution in [3.05, 3.63) is 0 Å². The molecule has 0 bridgehead atoms. The summed E-state index contributed by atoms with van der Waals surface area (Å²) in [5.74, 6) is -0.148. The number of nitrogens with one attached hydrogen (secondary N) is 2. The summed E-state index contributed by atoms with van der Waals surface area (Å²) in [6.07, 6.45) is 0. The number of ether oxygens (including phenoxy) is 2. The Hall–Kier alpha value is -1.06. The number of nitrogens with zero attached hydrogens (tertiary/aromatic N) is 4. The summed E-state index contributed by atoms with van der Waals surface area (Å²) in [5, 5.41) is 11.1. The summed E-state index contributed by atoms with van der Waals surface area (Å²) in [5.41, 5.74) is 2.79. The summed E-state index contributed by atoms with van der Waals surface area (Å²) in [6.45, 7) is 8.33. The van der Waals surface area contributed by atoms with Gasteiger partial charge in [-0.1, -0.05) is 11.6 Å². The van der Waals surface area contributed by atoms with E-state index in [1.807, 2.05) is 14.1 Å². The van der Waals surface area contributed by atoms with E-state index in [1.54, 1.807) is 7.11 Å². The molecule has 0 aliphatic heterocycles. The quantitative estimate of drug-likeness (QED) is 0.166. The van der Waals surface area contributed by atoms with Crippen LogP contribution in [0.2, 0.25) is 0 Å². The standard InChI is InChI=1S/C13H27ClN6O2/c1-16-13(15)12(14)18-17-11-20(3)6-5-19(2)7-8-22-10-9-21-4/h15,17H,1,5-11H2,2-4H3. The Labute approximate surface area is 137 Å². The molecular weight excluding hydrogens is 308 g/mol. The summed E-state index contributed by atoms with van der Waals surface area (Å²) < 4.78 is 10.3. The topological polar surface area (TPSA) is 85.5 Å². The van der Waals surface area contributed by atoms with Gasteiger partial charge in [0.25, 0.3) is 0 Å². The lowest BCUT2D eigenvalue weighted by molar-refractivity contribution is 0.0596. The second kappa shape index (κ2) is 13.6. The third-order valence-electron chi connectivity index (χ3n) is 2.78. The Morgan fingerprint density at radius 3 is 2.50 bits per heavy atom. The van der Waals surface area contributed by atoms with Crippen molar-refractivity contribution < 1.29 is 9.47 Å². The van der Waals surface area contributed by atoms with Crippen LogP contribution in [0.15, 0.2) is 10.1 Å². The van der Waals surface area contributed by atoms with Crippen molar-refractivity contribution in [3.63, 3.8) is 0 Å². The van der Waals surface area contributed by atoms with Crippen molar-refractivity contribution in [2.24, 2.45) is 10.1 Å². The van der Waals surface area contributed by atoms with Crippen molar-refractivity contribution in [1.29, 1.82) is 5.41 Å². The van der Waals surface area contributed by atoms with Crippen LogP contribution >= 0.6 is 11.6 Å². The van der Waals surface area contributed by atoms with Crippen molar-refractivity contribution in [3.8, 4) is 0 Å². The van der Waals surface area contributed by atoms with Gasteiger partial charge in [-0.05, 0) is 20.8 Å². The molecule has 9 heteroatoms. The van der Waals surface area contributed by atoms with E-state index in [0.717, 1.165) is 19.6 Å². The molecule has 0 aromatic carbocycles. The zero-order valence-corrected chi connectivity index (χ0v) is 14.4. The molecule has 0 saturated carbocycles. The van der Waals surface area contributed by atoms with Crippen LogP contribution in [0.5, 0.6) is 0 Å². The molecular formula is C13H27ClN6O2. The predicted molar refractivity (Wildman–Crippen MR) is 91.4 cm³/mol. The van der Waals surface area contributed by atoms with Gasteiger partial charge in [-0.3, -0.25) is 15.7 Å². The third kappa shape index (κ3) is 11.6. The first-order valence-corrected chi connectivity index (χ1v) is 7.34. The molecule has 0 aliphatic carbocycles. The van der Waals surface area contributed by atoms with Gasteiger partial charge in [-0.2, -0.15) is 5.10 Å². The predicted octanol–water partition coefficient (Wildman–Crippen LogP) is 0.290. The summed E-state index contributed by atoms with van der Waals surface area (Å²) >= 11 is 5.72. The van der Waals surface area contributed by atoms with Gasteiger partial charge in [0.2, 0.25) is 0 Å². The number of halogens is 1. The van der Waals surface area contributed by atoms with Gasteiger partial charge in [-0.15, -0.1) is 0 Å². The number of hydrogen-bond acceptors (Lipinski definition) is 7. The largest absolute Gasteiger partial charge is 0.382 e. The maximum atomic E-state index is 7.30. The maximum Gasteiger partial charge on any atom is 0.192 e. The van der Waals surface area contributed by atoms with Crippen LogP contribution in [-0.2, 0) is 9.47 Å². The van der Waals surface area contributed by atoms with Gasteiger partial charge < -0.3 is 14.4 Å². The second-order valence-corrected chi connectivity index (χ2v) is 5.07. The van der Waals surface area contributed by atoms with Crippen LogP contribution in [-0.4, -0.2) is 94.9 Å². The molecule has 0 saturated heterocycles. The summed E-state index contributed by atoms with van der Waals surface area (Å²) in [4.78, 5) is 7.63. The lowest BCUT2D eigenvalue weighted by atomic mass is 10.5. The number of methoxy groups -OCH3 is 1. The molecule has 0 aromatic rings. The number of hydrogen-bond donors (Lipinski definition) is 2. The SMILES string of the molecule is C=NC(=N)C(Cl)=NNCN(C)CCN(C)CCOCCOC. The van der Waals surface area contributed by atoms with Crippen LogP contribution in [0.25, 0.3) is 0 Å². The molecule has 0 aromatic heterocycles. The van der Waals surface area contributed by atoms with Gasteiger partial charge in [0.15, 0.2) is 11.0 Å². The number of rotatable bonds is 13. The molecule has 0 spiro atoms. The number of likely N-dealkylation sites (N-methyl/N-ethyl adjacent to an activating group) is 2. The molecule has 0 atom stereocenters.